The first-order valence-corrected chi connectivity index (χ1v) is 6.19. The highest BCUT2D eigenvalue weighted by Gasteiger charge is 2.09. The quantitative estimate of drug-likeness (QED) is 0.784. The molecule has 0 bridgehead atoms. The molecular formula is C11H16ClNOS. The first kappa shape index (κ1) is 12.8. The molecule has 84 valence electrons. The molecule has 0 fully saturated rings. The van der Waals surface area contributed by atoms with Crippen LogP contribution in [0.15, 0.2) is 23.1 Å². The number of hydrogen-bond donors (Lipinski definition) is 2. The summed E-state index contributed by atoms with van der Waals surface area (Å²) in [6.07, 6.45) is 0.779. The number of benzene rings is 1. The fraction of sp³-hybridized carbons (Fsp3) is 0.455. The Morgan fingerprint density at radius 1 is 1.53 bits per heavy atom. The van der Waals surface area contributed by atoms with Crippen molar-refractivity contribution in [3.63, 3.8) is 0 Å². The van der Waals surface area contributed by atoms with Gasteiger partial charge in [-0.1, -0.05) is 24.6 Å². The molecular weight excluding hydrogens is 230 g/mol. The van der Waals surface area contributed by atoms with Gasteiger partial charge in [0.25, 0.3) is 0 Å². The van der Waals surface area contributed by atoms with E-state index in [0.717, 1.165) is 21.9 Å². The van der Waals surface area contributed by atoms with E-state index in [1.807, 2.05) is 18.2 Å². The van der Waals surface area contributed by atoms with Crippen LogP contribution in [0, 0.1) is 0 Å². The zero-order chi connectivity index (χ0) is 11.3. The summed E-state index contributed by atoms with van der Waals surface area (Å²) in [5.74, 6) is 0. The molecule has 4 heteroatoms. The number of thioether (sulfide) groups is 1. The van der Waals surface area contributed by atoms with Gasteiger partial charge in [0.1, 0.15) is 0 Å². The molecule has 0 saturated heterocycles. The normalized spacial score (nSPS) is 12.8. The van der Waals surface area contributed by atoms with E-state index in [-0.39, 0.29) is 6.61 Å². The molecule has 1 aromatic rings. The molecule has 0 aliphatic heterocycles. The molecule has 0 aromatic heterocycles. The minimum atomic E-state index is 0.215. The van der Waals surface area contributed by atoms with Crippen LogP contribution in [-0.4, -0.2) is 17.0 Å². The summed E-state index contributed by atoms with van der Waals surface area (Å²) in [6.45, 7) is 2.75. The van der Waals surface area contributed by atoms with Crippen LogP contribution in [-0.2, 0) is 6.54 Å². The summed E-state index contributed by atoms with van der Waals surface area (Å²) >= 11 is 7.76. The molecule has 2 nitrogen and oxygen atoms in total. The number of nitrogens with two attached hydrogens (primary N) is 1. The Bertz CT molecular complexity index is 319. The Morgan fingerprint density at radius 2 is 2.27 bits per heavy atom. The first-order chi connectivity index (χ1) is 7.19. The molecule has 1 unspecified atom stereocenters. The molecule has 1 atom stereocenters. The zero-order valence-electron chi connectivity index (χ0n) is 8.74. The maximum atomic E-state index is 8.83. The fourth-order valence-electron chi connectivity index (χ4n) is 1.30. The largest absolute Gasteiger partial charge is 0.396 e. The van der Waals surface area contributed by atoms with Crippen molar-refractivity contribution in [2.45, 2.75) is 30.0 Å². The van der Waals surface area contributed by atoms with Crippen LogP contribution in [0.5, 0.6) is 0 Å². The van der Waals surface area contributed by atoms with Gasteiger partial charge in [0.05, 0.1) is 0 Å². The number of aliphatic hydroxyl groups excluding tert-OH is 1. The Morgan fingerprint density at radius 3 is 2.87 bits per heavy atom. The molecule has 3 N–H and O–H groups in total. The van der Waals surface area contributed by atoms with E-state index in [9.17, 15) is 0 Å². The molecule has 0 radical (unpaired) electrons. The minimum absolute atomic E-state index is 0.215. The van der Waals surface area contributed by atoms with Crippen molar-refractivity contribution in [1.82, 2.24) is 0 Å². The Kier molecular flexibility index (Phi) is 5.47. The molecule has 15 heavy (non-hydrogen) atoms. The van der Waals surface area contributed by atoms with E-state index in [1.54, 1.807) is 11.8 Å². The number of aliphatic hydroxyl groups is 1. The van der Waals surface area contributed by atoms with Crippen molar-refractivity contribution >= 4 is 23.4 Å². The summed E-state index contributed by atoms with van der Waals surface area (Å²) in [5.41, 5.74) is 6.65. The molecule has 1 rings (SSSR count). The van der Waals surface area contributed by atoms with Gasteiger partial charge in [0, 0.05) is 28.3 Å². The maximum Gasteiger partial charge on any atom is 0.0462 e. The standard InChI is InChI=1S/C11H16ClNOS/c1-8(5-6-14)15-11-4-2-3-10(12)9(11)7-13/h2-4,8,14H,5-7,13H2,1H3. The summed E-state index contributed by atoms with van der Waals surface area (Å²) in [6, 6.07) is 5.80. The van der Waals surface area contributed by atoms with Gasteiger partial charge in [0.2, 0.25) is 0 Å². The lowest BCUT2D eigenvalue weighted by Crippen LogP contribution is -2.03. The average Bonchev–Trinajstić information content (AvgIpc) is 2.18. The Hall–Kier alpha value is -0.220. The predicted molar refractivity (Wildman–Crippen MR) is 66.4 cm³/mol. The highest BCUT2D eigenvalue weighted by molar-refractivity contribution is 8.00. The second-order valence-corrected chi connectivity index (χ2v) is 5.25. The van der Waals surface area contributed by atoms with Gasteiger partial charge in [-0.25, -0.2) is 0 Å². The highest BCUT2D eigenvalue weighted by atomic mass is 35.5. The summed E-state index contributed by atoms with van der Waals surface area (Å²) in [4.78, 5) is 1.12. The number of hydrogen-bond acceptors (Lipinski definition) is 3. The van der Waals surface area contributed by atoms with Gasteiger partial charge < -0.3 is 10.8 Å². The lowest BCUT2D eigenvalue weighted by atomic mass is 10.2. The van der Waals surface area contributed by atoms with E-state index in [1.165, 1.54) is 0 Å². The van der Waals surface area contributed by atoms with E-state index < -0.39 is 0 Å². The van der Waals surface area contributed by atoms with E-state index >= 15 is 0 Å². The SMILES string of the molecule is CC(CCO)Sc1cccc(Cl)c1CN. The summed E-state index contributed by atoms with van der Waals surface area (Å²) in [5, 5.41) is 9.93. The maximum absolute atomic E-state index is 8.83. The van der Waals surface area contributed by atoms with Gasteiger partial charge in [-0.3, -0.25) is 0 Å². The second kappa shape index (κ2) is 6.38. The molecule has 0 aliphatic carbocycles. The average molecular weight is 246 g/mol. The van der Waals surface area contributed by atoms with Crippen LogP contribution in [0.25, 0.3) is 0 Å². The Balaban J connectivity index is 2.80. The molecule has 0 spiro atoms. The van der Waals surface area contributed by atoms with Crippen LogP contribution in [0.3, 0.4) is 0 Å². The third-order valence-corrected chi connectivity index (χ3v) is 3.77. The molecule has 0 heterocycles. The van der Waals surface area contributed by atoms with Crippen LogP contribution in [0.2, 0.25) is 5.02 Å². The van der Waals surface area contributed by atoms with Crippen LogP contribution in [0.1, 0.15) is 18.9 Å². The van der Waals surface area contributed by atoms with Crippen LogP contribution < -0.4 is 5.73 Å². The zero-order valence-corrected chi connectivity index (χ0v) is 10.3. The molecule has 0 saturated carbocycles. The van der Waals surface area contributed by atoms with E-state index in [0.29, 0.717) is 11.8 Å². The number of halogens is 1. The summed E-state index contributed by atoms with van der Waals surface area (Å²) in [7, 11) is 0. The van der Waals surface area contributed by atoms with E-state index in [2.05, 4.69) is 6.92 Å². The predicted octanol–water partition coefficient (Wildman–Crippen LogP) is 2.66. The molecule has 0 amide bonds. The first-order valence-electron chi connectivity index (χ1n) is 4.94. The van der Waals surface area contributed by atoms with Gasteiger partial charge in [-0.2, -0.15) is 0 Å². The lowest BCUT2D eigenvalue weighted by Gasteiger charge is -2.13. The van der Waals surface area contributed by atoms with E-state index in [4.69, 9.17) is 22.4 Å². The third-order valence-electron chi connectivity index (χ3n) is 2.14. The highest BCUT2D eigenvalue weighted by Crippen LogP contribution is 2.31. The topological polar surface area (TPSA) is 46.2 Å². The van der Waals surface area contributed by atoms with Crippen LogP contribution in [0.4, 0.5) is 0 Å². The van der Waals surface area contributed by atoms with Crippen molar-refractivity contribution in [2.75, 3.05) is 6.61 Å². The van der Waals surface area contributed by atoms with Crippen LogP contribution >= 0.6 is 23.4 Å². The van der Waals surface area contributed by atoms with Crippen molar-refractivity contribution in [3.8, 4) is 0 Å². The third kappa shape index (κ3) is 3.68. The Labute approximate surface area is 99.8 Å². The van der Waals surface area contributed by atoms with Gasteiger partial charge in [0.15, 0.2) is 0 Å². The van der Waals surface area contributed by atoms with Gasteiger partial charge >= 0.3 is 0 Å². The van der Waals surface area contributed by atoms with Crippen molar-refractivity contribution in [1.29, 1.82) is 0 Å². The number of rotatable bonds is 5. The van der Waals surface area contributed by atoms with Gasteiger partial charge in [-0.05, 0) is 24.1 Å². The summed E-state index contributed by atoms with van der Waals surface area (Å²) < 4.78 is 0. The second-order valence-electron chi connectivity index (χ2n) is 3.36. The molecule has 1 aromatic carbocycles. The monoisotopic (exact) mass is 245 g/mol. The van der Waals surface area contributed by atoms with Crippen molar-refractivity contribution < 1.29 is 5.11 Å². The fourth-order valence-corrected chi connectivity index (χ4v) is 2.76. The molecule has 0 aliphatic rings. The minimum Gasteiger partial charge on any atom is -0.396 e. The van der Waals surface area contributed by atoms with Crippen molar-refractivity contribution in [3.05, 3.63) is 28.8 Å². The van der Waals surface area contributed by atoms with Gasteiger partial charge in [-0.15, -0.1) is 11.8 Å². The smallest absolute Gasteiger partial charge is 0.0462 e. The van der Waals surface area contributed by atoms with Crippen molar-refractivity contribution in [2.24, 2.45) is 5.73 Å². The lowest BCUT2D eigenvalue weighted by molar-refractivity contribution is 0.289.